The van der Waals surface area contributed by atoms with Crippen molar-refractivity contribution in [2.75, 3.05) is 6.61 Å². The first kappa shape index (κ1) is 35.8. The van der Waals surface area contributed by atoms with Crippen LogP contribution in [-0.2, 0) is 24.0 Å². The molecule has 250 valence electrons. The summed E-state index contributed by atoms with van der Waals surface area (Å²) in [6, 6.07) is 0. The van der Waals surface area contributed by atoms with Gasteiger partial charge in [-0.2, -0.15) is 0 Å². The summed E-state index contributed by atoms with van der Waals surface area (Å²) in [6.45, 7) is 18.5. The molecule has 3 fully saturated rings. The summed E-state index contributed by atoms with van der Waals surface area (Å²) < 4.78 is 11.7. The Morgan fingerprint density at radius 3 is 2.30 bits per heavy atom. The first-order valence-electron chi connectivity index (χ1n) is 16.3. The van der Waals surface area contributed by atoms with Gasteiger partial charge < -0.3 is 19.7 Å². The highest BCUT2D eigenvalue weighted by molar-refractivity contribution is 5.95. The van der Waals surface area contributed by atoms with Crippen LogP contribution in [0.3, 0.4) is 0 Å². The van der Waals surface area contributed by atoms with Crippen LogP contribution in [-0.4, -0.2) is 51.8 Å². The Balaban J connectivity index is 1.35. The smallest absolute Gasteiger partial charge is 0.343 e. The number of esters is 1. The van der Waals surface area contributed by atoms with Crippen molar-refractivity contribution in [3.63, 3.8) is 0 Å². The van der Waals surface area contributed by atoms with Crippen molar-refractivity contribution in [2.24, 2.45) is 10.8 Å². The fourth-order valence-corrected chi connectivity index (χ4v) is 7.53. The highest BCUT2D eigenvalue weighted by Gasteiger charge is 2.74. The molecule has 1 saturated heterocycles. The zero-order chi connectivity index (χ0) is 34.0. The molecule has 7 nitrogen and oxygen atoms in total. The van der Waals surface area contributed by atoms with E-state index in [9.17, 15) is 15.0 Å². The van der Waals surface area contributed by atoms with Crippen LogP contribution in [0.15, 0.2) is 101 Å². The number of cyclic esters (lactones) is 1. The van der Waals surface area contributed by atoms with Gasteiger partial charge in [0.2, 0.25) is 0 Å². The molecule has 0 aromatic rings. The Bertz CT molecular complexity index is 1450. The van der Waals surface area contributed by atoms with E-state index in [0.29, 0.717) is 37.2 Å². The van der Waals surface area contributed by atoms with E-state index in [-0.39, 0.29) is 29.0 Å². The number of aliphatic hydroxyl groups excluding tert-OH is 1. The molecule has 0 radical (unpaired) electrons. The predicted octanol–water partition coefficient (Wildman–Crippen LogP) is 7.61. The number of aliphatic hydroxyl groups is 2. The van der Waals surface area contributed by atoms with Gasteiger partial charge in [0.1, 0.15) is 17.0 Å². The number of carbonyl (C=O) groups excluding carboxylic acids is 1. The number of fused-ring (bicyclic) bond motifs is 1. The lowest BCUT2D eigenvalue weighted by Crippen LogP contribution is -2.46. The normalized spacial score (nSPS) is 35.1. The van der Waals surface area contributed by atoms with Gasteiger partial charge >= 0.3 is 5.97 Å². The van der Waals surface area contributed by atoms with E-state index in [1.165, 1.54) is 0 Å². The lowest BCUT2D eigenvalue weighted by Gasteiger charge is -2.44. The van der Waals surface area contributed by atoms with E-state index in [4.69, 9.17) is 19.2 Å². The average molecular weight is 633 g/mol. The van der Waals surface area contributed by atoms with Crippen LogP contribution in [0.2, 0.25) is 0 Å². The Morgan fingerprint density at radius 2 is 1.67 bits per heavy atom. The highest BCUT2D eigenvalue weighted by atomic mass is 17.2. The van der Waals surface area contributed by atoms with Gasteiger partial charge in [-0.15, -0.1) is 5.73 Å². The lowest BCUT2D eigenvalue weighted by atomic mass is 9.63. The number of allylic oxidation sites excluding steroid dienone is 10. The number of epoxide rings is 1. The van der Waals surface area contributed by atoms with Crippen LogP contribution in [0.25, 0.3) is 0 Å². The average Bonchev–Trinajstić information content (AvgIpc) is 3.40. The van der Waals surface area contributed by atoms with Crippen LogP contribution in [0, 0.1) is 10.8 Å². The molecule has 4 aliphatic rings. The Hall–Kier alpha value is -3.03. The third-order valence-corrected chi connectivity index (χ3v) is 9.51. The monoisotopic (exact) mass is 632 g/mol. The van der Waals surface area contributed by atoms with E-state index in [1.54, 1.807) is 12.2 Å². The predicted molar refractivity (Wildman–Crippen MR) is 180 cm³/mol. The molecule has 5 atom stereocenters. The topological polar surface area (TPSA) is 97.8 Å². The first-order chi connectivity index (χ1) is 21.4. The maximum Gasteiger partial charge on any atom is 0.343 e. The highest BCUT2D eigenvalue weighted by Crippen LogP contribution is 2.66. The van der Waals surface area contributed by atoms with Crippen molar-refractivity contribution in [3.8, 4) is 0 Å². The molecule has 0 unspecified atom stereocenters. The van der Waals surface area contributed by atoms with E-state index < -0.39 is 16.8 Å². The molecule has 4 rings (SSSR count). The van der Waals surface area contributed by atoms with Crippen LogP contribution >= 0.6 is 0 Å². The minimum absolute atomic E-state index is 0.166. The molecule has 2 aliphatic carbocycles. The standard InChI is InChI=1S/C39H52O7/c1-10-43-45-32-25-35(4,5)33(37(8,42)26-32)18-17-27(2)15-13-11-12-14-16-28(3)21-31-22-29(34(41)44-31)19-20-39-36(6,7)23-30(40)24-38(39,9)46-39/h11-17,19-22,30,32,40,42H,10,23-26H2,1-9H3/t18?,30-,32-,37+,38+,39-/m0/s1. The fraction of sp³-hybridized carbons (Fsp3) is 0.538. The lowest BCUT2D eigenvalue weighted by molar-refractivity contribution is -0.334. The second-order valence-corrected chi connectivity index (χ2v) is 14.8. The molecule has 2 saturated carbocycles. The van der Waals surface area contributed by atoms with Crippen molar-refractivity contribution >= 4 is 5.97 Å². The summed E-state index contributed by atoms with van der Waals surface area (Å²) in [5.41, 5.74) is 4.17. The number of rotatable bonds is 10. The van der Waals surface area contributed by atoms with Gasteiger partial charge in [-0.25, -0.2) is 14.6 Å². The molecule has 0 aromatic heterocycles. The summed E-state index contributed by atoms with van der Waals surface area (Å²) in [4.78, 5) is 23.2. The van der Waals surface area contributed by atoms with Gasteiger partial charge in [0.05, 0.1) is 30.0 Å². The number of hydrogen-bond acceptors (Lipinski definition) is 7. The van der Waals surface area contributed by atoms with Gasteiger partial charge in [0.15, 0.2) is 0 Å². The zero-order valence-electron chi connectivity index (χ0n) is 29.0. The molecular weight excluding hydrogens is 580 g/mol. The molecule has 0 aromatic carbocycles. The number of ether oxygens (including phenoxy) is 2. The molecule has 46 heavy (non-hydrogen) atoms. The molecule has 2 aliphatic heterocycles. The van der Waals surface area contributed by atoms with Gasteiger partial charge in [-0.05, 0) is 94.4 Å². The molecule has 2 N–H and O–H groups in total. The van der Waals surface area contributed by atoms with E-state index in [1.807, 2.05) is 89.3 Å². The van der Waals surface area contributed by atoms with E-state index in [0.717, 1.165) is 23.1 Å². The molecule has 0 spiro atoms. The van der Waals surface area contributed by atoms with Crippen molar-refractivity contribution < 1.29 is 34.3 Å². The minimum Gasteiger partial charge on any atom is -0.423 e. The van der Waals surface area contributed by atoms with E-state index in [2.05, 4.69) is 33.4 Å². The number of carbonyl (C=O) groups is 1. The van der Waals surface area contributed by atoms with Crippen LogP contribution in [0.1, 0.15) is 88.0 Å². The van der Waals surface area contributed by atoms with Gasteiger partial charge in [-0.3, -0.25) is 0 Å². The Labute approximate surface area is 275 Å². The van der Waals surface area contributed by atoms with Crippen molar-refractivity contribution in [1.82, 2.24) is 0 Å². The third-order valence-electron chi connectivity index (χ3n) is 9.51. The van der Waals surface area contributed by atoms with Crippen LogP contribution in [0.4, 0.5) is 0 Å². The first-order valence-corrected chi connectivity index (χ1v) is 16.3. The maximum absolute atomic E-state index is 12.5. The van der Waals surface area contributed by atoms with Crippen molar-refractivity contribution in [2.45, 2.75) is 117 Å². The second kappa shape index (κ2) is 13.6. The SMILES string of the molecule is CCOO[C@H]1CC(C)(C)C(=C=CC(C)=CC=CC=CC=C(C)C=C2C=C(C=C[C@@]34O[C@]3(C)C[C@@H](O)CC4(C)C)C(=O)O2)[C@](C)(O)C1. The maximum atomic E-state index is 12.5. The van der Waals surface area contributed by atoms with Crippen LogP contribution in [0.5, 0.6) is 0 Å². The molecule has 0 bridgehead atoms. The summed E-state index contributed by atoms with van der Waals surface area (Å²) in [7, 11) is 0. The van der Waals surface area contributed by atoms with Crippen LogP contribution < -0.4 is 0 Å². The van der Waals surface area contributed by atoms with Gasteiger partial charge in [-0.1, -0.05) is 64.2 Å². The molecule has 2 heterocycles. The Morgan fingerprint density at radius 1 is 1.00 bits per heavy atom. The molecule has 7 heteroatoms. The summed E-state index contributed by atoms with van der Waals surface area (Å²) >= 11 is 0. The fourth-order valence-electron chi connectivity index (χ4n) is 7.53. The molecule has 0 amide bonds. The summed E-state index contributed by atoms with van der Waals surface area (Å²) in [5.74, 6) is 0.109. The van der Waals surface area contributed by atoms with E-state index >= 15 is 0 Å². The number of hydrogen-bond donors (Lipinski definition) is 2. The van der Waals surface area contributed by atoms with Crippen molar-refractivity contribution in [3.05, 3.63) is 101 Å². The minimum atomic E-state index is -1.03. The Kier molecular flexibility index (Phi) is 10.6. The van der Waals surface area contributed by atoms with Gasteiger partial charge in [0, 0.05) is 23.8 Å². The largest absolute Gasteiger partial charge is 0.423 e. The quantitative estimate of drug-likeness (QED) is 0.0639. The summed E-state index contributed by atoms with van der Waals surface area (Å²) in [5, 5.41) is 21.4. The zero-order valence-corrected chi connectivity index (χ0v) is 29.0. The summed E-state index contributed by atoms with van der Waals surface area (Å²) in [6.07, 6.45) is 22.8. The van der Waals surface area contributed by atoms with Gasteiger partial charge in [0.25, 0.3) is 0 Å². The second-order valence-electron chi connectivity index (χ2n) is 14.8. The van der Waals surface area contributed by atoms with Crippen molar-refractivity contribution in [1.29, 1.82) is 0 Å². The molecular formula is C39H52O7. The third kappa shape index (κ3) is 7.91.